The molecule has 4 aliphatic carbocycles. The van der Waals surface area contributed by atoms with Gasteiger partial charge in [0.1, 0.15) is 5.78 Å². The highest BCUT2D eigenvalue weighted by Crippen LogP contribution is 2.76. The minimum Gasteiger partial charge on any atom is -0.390 e. The second kappa shape index (κ2) is 7.81. The number of hydrogen-bond acceptors (Lipinski definition) is 3. The van der Waals surface area contributed by atoms with Crippen molar-refractivity contribution < 1.29 is 14.6 Å². The summed E-state index contributed by atoms with van der Waals surface area (Å²) in [7, 11) is 0. The summed E-state index contributed by atoms with van der Waals surface area (Å²) in [5, 5.41) is 10.6. The normalized spacial score (nSPS) is 54.9. The molecule has 1 heterocycles. The molecule has 3 nitrogen and oxygen atoms in total. The second-order valence-corrected chi connectivity index (χ2v) is 15.9. The van der Waals surface area contributed by atoms with Gasteiger partial charge < -0.3 is 9.84 Å². The summed E-state index contributed by atoms with van der Waals surface area (Å²) in [4.78, 5) is 12.6. The number of fused-ring (bicyclic) bond motifs is 5. The molecule has 0 aromatic carbocycles. The molecule has 1 N–H and O–H groups in total. The van der Waals surface area contributed by atoms with Gasteiger partial charge in [-0.05, 0) is 137 Å². The molecule has 0 amide bonds. The van der Waals surface area contributed by atoms with Gasteiger partial charge in [-0.25, -0.2) is 0 Å². The predicted molar refractivity (Wildman–Crippen MR) is 142 cm³/mol. The molecule has 5 aliphatic rings. The van der Waals surface area contributed by atoms with Gasteiger partial charge in [-0.1, -0.05) is 34.6 Å². The standard InChI is InChI=1S/C32H54O3/c1-20(33)21-12-16-29(6)24(27(21,2)3)14-18-31(8)25(29)11-10-22-23(13-17-30(22,31)7)32(9)19-15-26(34)28(4,5)35-32/h21-26,34H,10-19H2,1-9H3/t21-,22-,23+,24+,25-,26+,29+,30-,31-,32+/m1/s1. The summed E-state index contributed by atoms with van der Waals surface area (Å²) < 4.78 is 6.81. The van der Waals surface area contributed by atoms with E-state index in [4.69, 9.17) is 4.74 Å². The van der Waals surface area contributed by atoms with Crippen molar-refractivity contribution in [1.29, 1.82) is 0 Å². The highest BCUT2D eigenvalue weighted by molar-refractivity contribution is 5.79. The largest absolute Gasteiger partial charge is 0.390 e. The van der Waals surface area contributed by atoms with Gasteiger partial charge >= 0.3 is 0 Å². The first-order chi connectivity index (χ1) is 16.0. The van der Waals surface area contributed by atoms with Crippen LogP contribution in [0.25, 0.3) is 0 Å². The van der Waals surface area contributed by atoms with Crippen LogP contribution in [0.3, 0.4) is 0 Å². The first kappa shape index (κ1) is 26.2. The van der Waals surface area contributed by atoms with Crippen LogP contribution < -0.4 is 0 Å². The summed E-state index contributed by atoms with van der Waals surface area (Å²) in [5.41, 5.74) is 0.562. The quantitative estimate of drug-likeness (QED) is 0.437. The molecule has 10 atom stereocenters. The van der Waals surface area contributed by atoms with E-state index in [2.05, 4.69) is 55.4 Å². The molecule has 0 spiro atoms. The Morgan fingerprint density at radius 2 is 1.37 bits per heavy atom. The van der Waals surface area contributed by atoms with E-state index in [1.165, 1.54) is 44.9 Å². The lowest BCUT2D eigenvalue weighted by Gasteiger charge is -2.70. The summed E-state index contributed by atoms with van der Waals surface area (Å²) in [6.07, 6.45) is 11.6. The lowest BCUT2D eigenvalue weighted by atomic mass is 9.34. The first-order valence-corrected chi connectivity index (χ1v) is 14.9. The van der Waals surface area contributed by atoms with Crippen LogP contribution in [0.4, 0.5) is 0 Å². The maximum Gasteiger partial charge on any atom is 0.133 e. The minimum atomic E-state index is -0.459. The van der Waals surface area contributed by atoms with Crippen molar-refractivity contribution in [2.45, 2.75) is 144 Å². The van der Waals surface area contributed by atoms with Gasteiger partial charge in [0.15, 0.2) is 0 Å². The molecule has 0 bridgehead atoms. The van der Waals surface area contributed by atoms with Crippen molar-refractivity contribution >= 4 is 5.78 Å². The first-order valence-electron chi connectivity index (χ1n) is 14.9. The fourth-order valence-corrected chi connectivity index (χ4v) is 12.0. The number of ketones is 1. The molecule has 0 aromatic heterocycles. The summed E-state index contributed by atoms with van der Waals surface area (Å²) >= 11 is 0. The maximum absolute atomic E-state index is 12.6. The van der Waals surface area contributed by atoms with Crippen molar-refractivity contribution in [2.75, 3.05) is 0 Å². The van der Waals surface area contributed by atoms with Crippen LogP contribution in [0.5, 0.6) is 0 Å². The van der Waals surface area contributed by atoms with Crippen LogP contribution in [0.2, 0.25) is 0 Å². The summed E-state index contributed by atoms with van der Waals surface area (Å²) in [6, 6.07) is 0. The van der Waals surface area contributed by atoms with Gasteiger partial charge in [0.05, 0.1) is 17.3 Å². The lowest BCUT2D eigenvalue weighted by molar-refractivity contribution is -0.251. The average molecular weight is 487 g/mol. The number of aliphatic hydroxyl groups is 1. The molecule has 1 aliphatic heterocycles. The zero-order chi connectivity index (χ0) is 25.8. The van der Waals surface area contributed by atoms with Gasteiger partial charge in [-0.2, -0.15) is 0 Å². The molecule has 3 heteroatoms. The van der Waals surface area contributed by atoms with Crippen LogP contribution in [-0.2, 0) is 9.53 Å². The van der Waals surface area contributed by atoms with Crippen LogP contribution in [0.15, 0.2) is 0 Å². The molecular weight excluding hydrogens is 432 g/mol. The molecule has 1 saturated heterocycles. The van der Waals surface area contributed by atoms with Crippen molar-refractivity contribution in [2.24, 2.45) is 51.2 Å². The van der Waals surface area contributed by atoms with Gasteiger partial charge in [0.25, 0.3) is 0 Å². The Kier molecular flexibility index (Phi) is 5.85. The molecule has 5 rings (SSSR count). The zero-order valence-electron chi connectivity index (χ0n) is 24.3. The van der Waals surface area contributed by atoms with Gasteiger partial charge in [0.2, 0.25) is 0 Å². The van der Waals surface area contributed by atoms with E-state index in [1.807, 2.05) is 6.92 Å². The molecule has 200 valence electrons. The monoisotopic (exact) mass is 486 g/mol. The van der Waals surface area contributed by atoms with E-state index in [0.717, 1.165) is 25.2 Å². The Bertz CT molecular complexity index is 876. The Morgan fingerprint density at radius 3 is 2.00 bits per heavy atom. The molecule has 0 radical (unpaired) electrons. The third kappa shape index (κ3) is 3.38. The van der Waals surface area contributed by atoms with Crippen LogP contribution in [-0.4, -0.2) is 28.2 Å². The topological polar surface area (TPSA) is 46.5 Å². The van der Waals surface area contributed by atoms with Gasteiger partial charge in [-0.15, -0.1) is 0 Å². The predicted octanol–water partition coefficient (Wildman–Crippen LogP) is 7.59. The van der Waals surface area contributed by atoms with Crippen LogP contribution >= 0.6 is 0 Å². The summed E-state index contributed by atoms with van der Waals surface area (Å²) in [5.74, 6) is 3.34. The van der Waals surface area contributed by atoms with E-state index >= 15 is 0 Å². The van der Waals surface area contributed by atoms with Crippen molar-refractivity contribution in [3.8, 4) is 0 Å². The molecule has 4 saturated carbocycles. The number of aliphatic hydroxyl groups excluding tert-OH is 1. The number of carbonyl (C=O) groups is 1. The molecule has 35 heavy (non-hydrogen) atoms. The number of Topliss-reactive ketones (excluding diaryl/α,β-unsaturated/α-hetero) is 1. The van der Waals surface area contributed by atoms with E-state index in [0.29, 0.717) is 39.8 Å². The fourth-order valence-electron chi connectivity index (χ4n) is 12.0. The number of rotatable bonds is 2. The number of ether oxygens (including phenoxy) is 1. The third-order valence-corrected chi connectivity index (χ3v) is 13.9. The zero-order valence-corrected chi connectivity index (χ0v) is 24.3. The number of carbonyl (C=O) groups excluding carboxylic acids is 1. The van der Waals surface area contributed by atoms with Crippen molar-refractivity contribution in [3.63, 3.8) is 0 Å². The Labute approximate surface area is 215 Å². The molecule has 0 aromatic rings. The number of hydrogen-bond donors (Lipinski definition) is 1. The maximum atomic E-state index is 12.6. The average Bonchev–Trinajstić information content (AvgIpc) is 3.09. The third-order valence-electron chi connectivity index (χ3n) is 13.9. The van der Waals surface area contributed by atoms with Crippen LogP contribution in [0.1, 0.15) is 127 Å². The van der Waals surface area contributed by atoms with Crippen molar-refractivity contribution in [1.82, 2.24) is 0 Å². The van der Waals surface area contributed by atoms with Gasteiger partial charge in [-0.3, -0.25) is 4.79 Å². The Morgan fingerprint density at radius 1 is 0.714 bits per heavy atom. The van der Waals surface area contributed by atoms with Crippen LogP contribution in [0, 0.1) is 51.2 Å². The van der Waals surface area contributed by atoms with Gasteiger partial charge in [0, 0.05) is 5.92 Å². The second-order valence-electron chi connectivity index (χ2n) is 15.9. The Balaban J connectivity index is 1.45. The van der Waals surface area contributed by atoms with E-state index in [1.54, 1.807) is 0 Å². The van der Waals surface area contributed by atoms with E-state index < -0.39 is 5.60 Å². The lowest BCUT2D eigenvalue weighted by Crippen LogP contribution is -2.64. The fraction of sp³-hybridized carbons (Fsp3) is 0.969. The SMILES string of the molecule is CC(=O)[C@H]1CC[C@]2(C)[C@H]3CC[C@@H]4[C@@H]([C@]5(C)CC[C@H](O)C(C)(C)O5)CC[C@@]4(C)[C@]3(C)CC[C@H]2C1(C)C. The van der Waals surface area contributed by atoms with Crippen molar-refractivity contribution in [3.05, 3.63) is 0 Å². The minimum absolute atomic E-state index is 0.103. The smallest absolute Gasteiger partial charge is 0.133 e. The van der Waals surface area contributed by atoms with E-state index in [9.17, 15) is 9.90 Å². The molecule has 5 fully saturated rings. The Hall–Kier alpha value is -0.410. The highest BCUT2D eigenvalue weighted by atomic mass is 16.5. The molecule has 0 unspecified atom stereocenters. The van der Waals surface area contributed by atoms with E-state index in [-0.39, 0.29) is 23.0 Å². The highest BCUT2D eigenvalue weighted by Gasteiger charge is 2.70. The molecular formula is C32H54O3. The summed E-state index contributed by atoms with van der Waals surface area (Å²) in [6.45, 7) is 21.2.